The largest absolute Gasteiger partial charge is 0.317 e. The zero-order valence-corrected chi connectivity index (χ0v) is 14.3. The molecule has 1 aliphatic heterocycles. The number of hydrogen-bond donors (Lipinski definition) is 1. The predicted molar refractivity (Wildman–Crippen MR) is 88.5 cm³/mol. The van der Waals surface area contributed by atoms with Gasteiger partial charge in [-0.1, -0.05) is 19.1 Å². The van der Waals surface area contributed by atoms with E-state index in [0.29, 0.717) is 23.9 Å². The van der Waals surface area contributed by atoms with E-state index < -0.39 is 10.0 Å². The third-order valence-electron chi connectivity index (χ3n) is 3.88. The molecule has 1 saturated heterocycles. The van der Waals surface area contributed by atoms with Crippen LogP contribution in [-0.2, 0) is 10.0 Å². The molecule has 0 saturated carbocycles. The minimum atomic E-state index is -3.32. The molecule has 1 N–H and O–H groups in total. The van der Waals surface area contributed by atoms with Crippen LogP contribution < -0.4 is 5.32 Å². The Morgan fingerprint density at radius 1 is 1.29 bits per heavy atom. The average Bonchev–Trinajstić information content (AvgIpc) is 2.45. The van der Waals surface area contributed by atoms with Gasteiger partial charge in [0.25, 0.3) is 0 Å². The number of hydrogen-bond acceptors (Lipinski definition) is 3. The predicted octanol–water partition coefficient (Wildman–Crippen LogP) is 2.43. The van der Waals surface area contributed by atoms with Crippen LogP contribution in [0.2, 0.25) is 0 Å². The number of piperidine rings is 1. The lowest BCUT2D eigenvalue weighted by Gasteiger charge is -2.31. The number of aryl methyl sites for hydroxylation is 1. The Balaban J connectivity index is 0.00000220. The van der Waals surface area contributed by atoms with Gasteiger partial charge in [0, 0.05) is 13.1 Å². The fourth-order valence-corrected chi connectivity index (χ4v) is 4.20. The second-order valence-electron chi connectivity index (χ2n) is 5.47. The van der Waals surface area contributed by atoms with Crippen molar-refractivity contribution in [3.63, 3.8) is 0 Å². The van der Waals surface area contributed by atoms with Crippen molar-refractivity contribution in [1.29, 1.82) is 0 Å². The molecule has 1 heterocycles. The van der Waals surface area contributed by atoms with Crippen molar-refractivity contribution in [2.45, 2.75) is 31.6 Å². The van der Waals surface area contributed by atoms with Crippen molar-refractivity contribution in [3.8, 4) is 0 Å². The Bertz CT molecular complexity index is 540. The standard InChI is InChI=1S/C15H24N2O2S.ClH/c1-3-16-12-14-7-9-17(10-8-14)20(18,19)15-6-4-5-13(2)11-15;/h4-6,11,14,16H,3,7-10,12H2,1-2H3;1H. The first-order valence-electron chi connectivity index (χ1n) is 7.31. The van der Waals surface area contributed by atoms with E-state index in [1.165, 1.54) is 0 Å². The number of nitrogens with zero attached hydrogens (tertiary/aromatic N) is 1. The molecule has 120 valence electrons. The normalized spacial score (nSPS) is 17.4. The third kappa shape index (κ3) is 4.68. The van der Waals surface area contributed by atoms with Crippen LogP contribution in [0.1, 0.15) is 25.3 Å². The molecule has 1 aromatic rings. The van der Waals surface area contributed by atoms with Crippen molar-refractivity contribution >= 4 is 22.4 Å². The number of sulfonamides is 1. The summed E-state index contributed by atoms with van der Waals surface area (Å²) >= 11 is 0. The maximum Gasteiger partial charge on any atom is 0.243 e. The first kappa shape index (κ1) is 18.4. The molecule has 2 rings (SSSR count). The molecule has 0 atom stereocenters. The quantitative estimate of drug-likeness (QED) is 0.901. The Hall–Kier alpha value is -0.620. The van der Waals surface area contributed by atoms with Crippen LogP contribution >= 0.6 is 12.4 Å². The van der Waals surface area contributed by atoms with Crippen molar-refractivity contribution in [2.24, 2.45) is 5.92 Å². The highest BCUT2D eigenvalue weighted by molar-refractivity contribution is 7.89. The van der Waals surface area contributed by atoms with Gasteiger partial charge in [0.05, 0.1) is 4.90 Å². The van der Waals surface area contributed by atoms with Crippen LogP contribution in [0.5, 0.6) is 0 Å². The van der Waals surface area contributed by atoms with Crippen LogP contribution in [0.3, 0.4) is 0 Å². The van der Waals surface area contributed by atoms with Gasteiger partial charge in [0.15, 0.2) is 0 Å². The monoisotopic (exact) mass is 332 g/mol. The molecule has 0 bridgehead atoms. The van der Waals surface area contributed by atoms with Gasteiger partial charge in [0.2, 0.25) is 10.0 Å². The molecule has 0 unspecified atom stereocenters. The molecule has 1 fully saturated rings. The molecule has 4 nitrogen and oxygen atoms in total. The minimum Gasteiger partial charge on any atom is -0.317 e. The Labute approximate surface area is 134 Å². The highest BCUT2D eigenvalue weighted by Gasteiger charge is 2.29. The summed E-state index contributed by atoms with van der Waals surface area (Å²) in [5, 5.41) is 3.34. The summed E-state index contributed by atoms with van der Waals surface area (Å²) in [7, 11) is -3.32. The highest BCUT2D eigenvalue weighted by atomic mass is 35.5. The summed E-state index contributed by atoms with van der Waals surface area (Å²) < 4.78 is 26.8. The van der Waals surface area contributed by atoms with E-state index in [-0.39, 0.29) is 12.4 Å². The van der Waals surface area contributed by atoms with Gasteiger partial charge in [-0.3, -0.25) is 0 Å². The van der Waals surface area contributed by atoms with E-state index in [2.05, 4.69) is 12.2 Å². The molecule has 21 heavy (non-hydrogen) atoms. The summed E-state index contributed by atoms with van der Waals surface area (Å²) in [4.78, 5) is 0.419. The molecular weight excluding hydrogens is 308 g/mol. The summed E-state index contributed by atoms with van der Waals surface area (Å²) in [5.74, 6) is 0.596. The molecule has 1 aliphatic rings. The van der Waals surface area contributed by atoms with Gasteiger partial charge in [-0.15, -0.1) is 12.4 Å². The van der Waals surface area contributed by atoms with E-state index in [0.717, 1.165) is 31.5 Å². The molecule has 6 heteroatoms. The molecule has 0 spiro atoms. The van der Waals surface area contributed by atoms with Gasteiger partial charge >= 0.3 is 0 Å². The molecule has 0 radical (unpaired) electrons. The van der Waals surface area contributed by atoms with Crippen LogP contribution in [0.25, 0.3) is 0 Å². The third-order valence-corrected chi connectivity index (χ3v) is 5.78. The van der Waals surface area contributed by atoms with E-state index in [9.17, 15) is 8.42 Å². The topological polar surface area (TPSA) is 49.4 Å². The first-order valence-corrected chi connectivity index (χ1v) is 8.75. The van der Waals surface area contributed by atoms with Crippen LogP contribution in [0.15, 0.2) is 29.2 Å². The van der Waals surface area contributed by atoms with E-state index in [1.54, 1.807) is 22.5 Å². The van der Waals surface area contributed by atoms with Gasteiger partial charge in [0.1, 0.15) is 0 Å². The number of halogens is 1. The summed E-state index contributed by atoms with van der Waals surface area (Å²) in [6.45, 7) is 7.24. The van der Waals surface area contributed by atoms with Crippen molar-refractivity contribution in [3.05, 3.63) is 29.8 Å². The summed E-state index contributed by atoms with van der Waals surface area (Å²) in [6.07, 6.45) is 1.89. The van der Waals surface area contributed by atoms with E-state index in [4.69, 9.17) is 0 Å². The lowest BCUT2D eigenvalue weighted by molar-refractivity contribution is 0.268. The fourth-order valence-electron chi connectivity index (χ4n) is 2.63. The SMILES string of the molecule is CCNCC1CCN(S(=O)(=O)c2cccc(C)c2)CC1.Cl. The molecular formula is C15H25ClN2O2S. The second-order valence-corrected chi connectivity index (χ2v) is 7.41. The van der Waals surface area contributed by atoms with E-state index >= 15 is 0 Å². The number of benzene rings is 1. The smallest absolute Gasteiger partial charge is 0.243 e. The number of rotatable bonds is 5. The minimum absolute atomic E-state index is 0. The van der Waals surface area contributed by atoms with Gasteiger partial charge in [-0.05, 0) is 56.5 Å². The van der Waals surface area contributed by atoms with E-state index in [1.807, 2.05) is 13.0 Å². The first-order chi connectivity index (χ1) is 9.54. The van der Waals surface area contributed by atoms with Crippen molar-refractivity contribution in [1.82, 2.24) is 9.62 Å². The zero-order chi connectivity index (χ0) is 14.6. The molecule has 0 aliphatic carbocycles. The highest BCUT2D eigenvalue weighted by Crippen LogP contribution is 2.23. The van der Waals surface area contributed by atoms with Gasteiger partial charge < -0.3 is 5.32 Å². The van der Waals surface area contributed by atoms with Crippen LogP contribution in [0, 0.1) is 12.8 Å². The second kappa shape index (κ2) is 8.13. The zero-order valence-electron chi connectivity index (χ0n) is 12.7. The lowest BCUT2D eigenvalue weighted by atomic mass is 9.98. The van der Waals surface area contributed by atoms with Crippen LogP contribution in [0.4, 0.5) is 0 Å². The van der Waals surface area contributed by atoms with Crippen LogP contribution in [-0.4, -0.2) is 38.9 Å². The van der Waals surface area contributed by atoms with Crippen molar-refractivity contribution < 1.29 is 8.42 Å². The summed E-state index contributed by atoms with van der Waals surface area (Å²) in [5.41, 5.74) is 0.980. The lowest BCUT2D eigenvalue weighted by Crippen LogP contribution is -2.40. The van der Waals surface area contributed by atoms with Gasteiger partial charge in [-0.2, -0.15) is 4.31 Å². The van der Waals surface area contributed by atoms with Crippen molar-refractivity contribution in [2.75, 3.05) is 26.2 Å². The molecule has 0 aromatic heterocycles. The maximum atomic E-state index is 12.6. The maximum absolute atomic E-state index is 12.6. The van der Waals surface area contributed by atoms with Gasteiger partial charge in [-0.25, -0.2) is 8.42 Å². The Morgan fingerprint density at radius 2 is 1.95 bits per heavy atom. The summed E-state index contributed by atoms with van der Waals surface area (Å²) in [6, 6.07) is 7.16. The molecule has 0 amide bonds. The molecule has 1 aromatic carbocycles. The average molecular weight is 333 g/mol. The Kier molecular flexibility index (Phi) is 7.13. The Morgan fingerprint density at radius 3 is 2.52 bits per heavy atom. The number of nitrogens with one attached hydrogen (secondary N) is 1. The fraction of sp³-hybridized carbons (Fsp3) is 0.600.